The quantitative estimate of drug-likeness (QED) is 0.464. The van der Waals surface area contributed by atoms with E-state index in [4.69, 9.17) is 9.47 Å². The first-order valence-electron chi connectivity index (χ1n) is 5.57. The summed E-state index contributed by atoms with van der Waals surface area (Å²) >= 11 is 2.15. The Hall–Kier alpha value is -1.04. The number of methoxy groups -OCH3 is 1. The third-order valence-corrected chi connectivity index (χ3v) is 3.03. The van der Waals surface area contributed by atoms with Crippen LogP contribution in [0.25, 0.3) is 0 Å². The molecule has 0 fully saturated rings. The molecule has 0 N–H and O–H groups in total. The molecule has 4 heteroatoms. The van der Waals surface area contributed by atoms with Crippen LogP contribution in [0.15, 0.2) is 39.7 Å². The molecule has 0 aliphatic rings. The van der Waals surface area contributed by atoms with Gasteiger partial charge in [0, 0.05) is 3.58 Å². The standard InChI is InChI=1S/C14H17IO3/c1-10(15)12(14(2,3)13(16)17-4)18-11-8-6-5-7-9-11/h5-9H,1-4H3/b12-10-. The lowest BCUT2D eigenvalue weighted by Crippen LogP contribution is -2.31. The predicted molar refractivity (Wildman–Crippen MR) is 79.6 cm³/mol. The average Bonchev–Trinajstić information content (AvgIpc) is 2.35. The maximum absolute atomic E-state index is 11.8. The number of allylic oxidation sites excluding steroid dienone is 1. The van der Waals surface area contributed by atoms with Gasteiger partial charge in [0.05, 0.1) is 7.11 Å². The van der Waals surface area contributed by atoms with Crippen LogP contribution in [0.4, 0.5) is 0 Å². The Bertz CT molecular complexity index is 445. The molecule has 0 heterocycles. The number of carbonyl (C=O) groups is 1. The van der Waals surface area contributed by atoms with Gasteiger partial charge in [0.2, 0.25) is 0 Å². The van der Waals surface area contributed by atoms with Gasteiger partial charge in [-0.25, -0.2) is 0 Å². The van der Waals surface area contributed by atoms with E-state index in [1.54, 1.807) is 13.8 Å². The van der Waals surface area contributed by atoms with Crippen molar-refractivity contribution in [3.05, 3.63) is 39.7 Å². The first kappa shape index (κ1) is 15.0. The van der Waals surface area contributed by atoms with E-state index in [0.717, 1.165) is 3.58 Å². The molecule has 3 nitrogen and oxygen atoms in total. The molecule has 0 aliphatic carbocycles. The van der Waals surface area contributed by atoms with Crippen LogP contribution in [0.2, 0.25) is 0 Å². The normalized spacial score (nSPS) is 12.7. The van der Waals surface area contributed by atoms with E-state index < -0.39 is 5.41 Å². The number of rotatable bonds is 4. The average molecular weight is 360 g/mol. The predicted octanol–water partition coefficient (Wildman–Crippen LogP) is 3.93. The van der Waals surface area contributed by atoms with Gasteiger partial charge < -0.3 is 9.47 Å². The third kappa shape index (κ3) is 3.48. The molecule has 1 rings (SSSR count). The maximum Gasteiger partial charge on any atom is 0.318 e. The molecule has 0 unspecified atom stereocenters. The Morgan fingerprint density at radius 2 is 1.78 bits per heavy atom. The fraction of sp³-hybridized carbons (Fsp3) is 0.357. The highest BCUT2D eigenvalue weighted by Crippen LogP contribution is 2.34. The minimum atomic E-state index is -0.810. The Labute approximate surface area is 121 Å². The zero-order valence-corrected chi connectivity index (χ0v) is 13.1. The van der Waals surface area contributed by atoms with Crippen molar-refractivity contribution in [1.82, 2.24) is 0 Å². The van der Waals surface area contributed by atoms with Gasteiger partial charge in [-0.2, -0.15) is 0 Å². The molecule has 98 valence electrons. The Balaban J connectivity index is 3.07. The topological polar surface area (TPSA) is 35.5 Å². The second kappa shape index (κ2) is 6.22. The van der Waals surface area contributed by atoms with E-state index >= 15 is 0 Å². The number of ether oxygens (including phenoxy) is 2. The smallest absolute Gasteiger partial charge is 0.318 e. The van der Waals surface area contributed by atoms with Gasteiger partial charge >= 0.3 is 5.97 Å². The minimum Gasteiger partial charge on any atom is -0.468 e. The van der Waals surface area contributed by atoms with E-state index in [-0.39, 0.29) is 5.97 Å². The monoisotopic (exact) mass is 360 g/mol. The lowest BCUT2D eigenvalue weighted by Gasteiger charge is -2.25. The maximum atomic E-state index is 11.8. The summed E-state index contributed by atoms with van der Waals surface area (Å²) in [6, 6.07) is 9.40. The zero-order chi connectivity index (χ0) is 13.8. The van der Waals surface area contributed by atoms with E-state index in [2.05, 4.69) is 22.6 Å². The van der Waals surface area contributed by atoms with Crippen LogP contribution in [0, 0.1) is 5.41 Å². The molecule has 0 radical (unpaired) electrons. The number of carbonyl (C=O) groups excluding carboxylic acids is 1. The number of para-hydroxylation sites is 1. The van der Waals surface area contributed by atoms with E-state index in [9.17, 15) is 4.79 Å². The van der Waals surface area contributed by atoms with Crippen LogP contribution in [0.3, 0.4) is 0 Å². The van der Waals surface area contributed by atoms with Gasteiger partial charge in [0.15, 0.2) is 0 Å². The molecule has 1 aromatic rings. The van der Waals surface area contributed by atoms with Gasteiger partial charge in [-0.15, -0.1) is 0 Å². The van der Waals surface area contributed by atoms with Crippen LogP contribution in [-0.2, 0) is 9.53 Å². The van der Waals surface area contributed by atoms with Crippen LogP contribution in [-0.4, -0.2) is 13.1 Å². The van der Waals surface area contributed by atoms with Crippen molar-refractivity contribution >= 4 is 28.6 Å². The summed E-state index contributed by atoms with van der Waals surface area (Å²) in [6.45, 7) is 5.49. The molecule has 0 aromatic heterocycles. The van der Waals surface area contributed by atoms with E-state index in [0.29, 0.717) is 11.5 Å². The molecule has 0 atom stereocenters. The number of hydrogen-bond donors (Lipinski definition) is 0. The Morgan fingerprint density at radius 3 is 2.22 bits per heavy atom. The second-order valence-corrected chi connectivity index (χ2v) is 6.01. The SMILES string of the molecule is COC(=O)C(C)(C)/C(Oc1ccccc1)=C(\C)I. The van der Waals surface area contributed by atoms with Crippen molar-refractivity contribution in [2.75, 3.05) is 7.11 Å². The van der Waals surface area contributed by atoms with Crippen molar-refractivity contribution < 1.29 is 14.3 Å². The molecule has 0 saturated heterocycles. The number of esters is 1. The summed E-state index contributed by atoms with van der Waals surface area (Å²) < 4.78 is 11.6. The molecule has 0 saturated carbocycles. The van der Waals surface area contributed by atoms with Crippen molar-refractivity contribution in [3.63, 3.8) is 0 Å². The molecule has 18 heavy (non-hydrogen) atoms. The highest BCUT2D eigenvalue weighted by molar-refractivity contribution is 14.1. The van der Waals surface area contributed by atoms with Gasteiger partial charge in [-0.1, -0.05) is 18.2 Å². The van der Waals surface area contributed by atoms with Crippen LogP contribution >= 0.6 is 22.6 Å². The number of benzene rings is 1. The highest BCUT2D eigenvalue weighted by Gasteiger charge is 2.36. The lowest BCUT2D eigenvalue weighted by atomic mass is 9.90. The van der Waals surface area contributed by atoms with Crippen LogP contribution in [0.1, 0.15) is 20.8 Å². The molecular formula is C14H17IO3. The molecule has 1 aromatic carbocycles. The molecule has 0 aliphatic heterocycles. The largest absolute Gasteiger partial charge is 0.468 e. The lowest BCUT2D eigenvalue weighted by molar-refractivity contribution is -0.149. The summed E-state index contributed by atoms with van der Waals surface area (Å²) in [5.41, 5.74) is -0.810. The summed E-state index contributed by atoms with van der Waals surface area (Å²) in [5, 5.41) is 0. The minimum absolute atomic E-state index is 0.315. The summed E-state index contributed by atoms with van der Waals surface area (Å²) in [7, 11) is 1.38. The third-order valence-electron chi connectivity index (χ3n) is 2.54. The van der Waals surface area contributed by atoms with Crippen LogP contribution < -0.4 is 4.74 Å². The second-order valence-electron chi connectivity index (χ2n) is 4.39. The van der Waals surface area contributed by atoms with Gasteiger partial charge in [0.1, 0.15) is 16.9 Å². The fourth-order valence-electron chi connectivity index (χ4n) is 1.58. The highest BCUT2D eigenvalue weighted by atomic mass is 127. The molecule has 0 spiro atoms. The summed E-state index contributed by atoms with van der Waals surface area (Å²) in [5.74, 6) is 1.01. The number of hydrogen-bond acceptors (Lipinski definition) is 3. The Morgan fingerprint density at radius 1 is 1.22 bits per heavy atom. The van der Waals surface area contributed by atoms with Gasteiger partial charge in [-0.05, 0) is 55.5 Å². The fourth-order valence-corrected chi connectivity index (χ4v) is 2.37. The summed E-state index contributed by atoms with van der Waals surface area (Å²) in [4.78, 5) is 11.8. The Kier molecular flexibility index (Phi) is 5.19. The van der Waals surface area contributed by atoms with E-state index in [1.807, 2.05) is 37.3 Å². The van der Waals surface area contributed by atoms with E-state index in [1.165, 1.54) is 7.11 Å². The van der Waals surface area contributed by atoms with Crippen molar-refractivity contribution in [1.29, 1.82) is 0 Å². The molecule has 0 bridgehead atoms. The summed E-state index contributed by atoms with van der Waals surface area (Å²) in [6.07, 6.45) is 0. The van der Waals surface area contributed by atoms with Gasteiger partial charge in [-0.3, -0.25) is 4.79 Å². The molecular weight excluding hydrogens is 343 g/mol. The molecule has 0 amide bonds. The van der Waals surface area contributed by atoms with Gasteiger partial charge in [0.25, 0.3) is 0 Å². The van der Waals surface area contributed by atoms with Crippen molar-refractivity contribution in [2.45, 2.75) is 20.8 Å². The zero-order valence-electron chi connectivity index (χ0n) is 11.0. The number of halogens is 1. The van der Waals surface area contributed by atoms with Crippen molar-refractivity contribution in [3.8, 4) is 5.75 Å². The van der Waals surface area contributed by atoms with Crippen LogP contribution in [0.5, 0.6) is 5.75 Å². The first-order valence-corrected chi connectivity index (χ1v) is 6.65. The first-order chi connectivity index (χ1) is 8.39. The van der Waals surface area contributed by atoms with Crippen molar-refractivity contribution in [2.24, 2.45) is 5.41 Å².